The Bertz CT molecular complexity index is 473. The van der Waals surface area contributed by atoms with Gasteiger partial charge in [-0.25, -0.2) is 4.57 Å². The van der Waals surface area contributed by atoms with Crippen molar-refractivity contribution in [3.8, 4) is 11.5 Å². The Balaban J connectivity index is 0.00000162. The van der Waals surface area contributed by atoms with Crippen molar-refractivity contribution in [3.63, 3.8) is 0 Å². The Morgan fingerprint density at radius 1 is 0.778 bits per heavy atom. The Morgan fingerprint density at radius 2 is 1.11 bits per heavy atom. The third-order valence-corrected chi connectivity index (χ3v) is 2.81. The van der Waals surface area contributed by atoms with Crippen LogP contribution in [0.3, 0.4) is 0 Å². The molecule has 94 valence electrons. The van der Waals surface area contributed by atoms with Crippen LogP contribution < -0.4 is 9.05 Å². The van der Waals surface area contributed by atoms with Crippen LogP contribution in [0.5, 0.6) is 11.5 Å². The molecule has 4 nitrogen and oxygen atoms in total. The monoisotopic (exact) mass is 372 g/mol. The molecular weight excluding hydrogens is 358 g/mol. The second kappa shape index (κ2) is 6.83. The number of phosphoric ester groups is 1. The Hall–Kier alpha value is -0.971. The predicted molar refractivity (Wildman–Crippen MR) is 72.5 cm³/mol. The summed E-state index contributed by atoms with van der Waals surface area (Å²) in [6.07, 6.45) is 0. The van der Waals surface area contributed by atoms with Gasteiger partial charge in [-0.05, 0) is 24.3 Å². The maximum atomic E-state index is 11.7. The van der Waals surface area contributed by atoms with E-state index in [1.165, 1.54) is 0 Å². The molecule has 0 amide bonds. The average Bonchev–Trinajstić information content (AvgIpc) is 2.30. The van der Waals surface area contributed by atoms with Gasteiger partial charge in [0.05, 0.1) is 0 Å². The van der Waals surface area contributed by atoms with E-state index in [4.69, 9.17) is 9.05 Å². The predicted octanol–water partition coefficient (Wildman–Crippen LogP) is 2.33. The van der Waals surface area contributed by atoms with E-state index < -0.39 is 7.82 Å². The van der Waals surface area contributed by atoms with E-state index in [2.05, 4.69) is 0 Å². The van der Waals surface area contributed by atoms with Crippen molar-refractivity contribution in [2.75, 3.05) is 0 Å². The van der Waals surface area contributed by atoms with Crippen LogP contribution in [0.4, 0.5) is 0 Å². The molecule has 0 bridgehead atoms. The molecule has 0 fully saturated rings. The molecule has 6 heteroatoms. The molecule has 2 radical (unpaired) electrons. The molecule has 0 atom stereocenters. The van der Waals surface area contributed by atoms with Gasteiger partial charge in [0.2, 0.25) is 0 Å². The summed E-state index contributed by atoms with van der Waals surface area (Å²) in [5.74, 6) is 0.573. The van der Waals surface area contributed by atoms with Crippen molar-refractivity contribution in [3.05, 3.63) is 60.7 Å². The van der Waals surface area contributed by atoms with Crippen LogP contribution >= 0.6 is 7.82 Å². The van der Waals surface area contributed by atoms with Gasteiger partial charge in [-0.15, -0.1) is 0 Å². The van der Waals surface area contributed by atoms with Crippen LogP contribution in [0.25, 0.3) is 0 Å². The second-order valence-corrected chi connectivity index (χ2v) is 4.58. The fourth-order valence-corrected chi connectivity index (χ4v) is 2.06. The topological polar surface area (TPSA) is 55.8 Å². The summed E-state index contributed by atoms with van der Waals surface area (Å²) in [4.78, 5) is 9.53. The molecule has 0 saturated carbocycles. The molecular formula is C12H13O4PSn. The summed E-state index contributed by atoms with van der Waals surface area (Å²) in [6, 6.07) is 16.7. The SMILES string of the molecule is O=P(O)(Oc1ccccc1)Oc1ccccc1.[SnH2]. The van der Waals surface area contributed by atoms with Crippen molar-refractivity contribution >= 4 is 31.7 Å². The minimum absolute atomic E-state index is 0. The van der Waals surface area contributed by atoms with Crippen LogP contribution in [-0.4, -0.2) is 28.8 Å². The maximum absolute atomic E-state index is 11.7. The minimum atomic E-state index is -4.14. The van der Waals surface area contributed by atoms with Crippen molar-refractivity contribution in [2.45, 2.75) is 0 Å². The van der Waals surface area contributed by atoms with Crippen LogP contribution in [0.15, 0.2) is 60.7 Å². The Morgan fingerprint density at radius 3 is 1.44 bits per heavy atom. The molecule has 2 aromatic carbocycles. The summed E-state index contributed by atoms with van der Waals surface area (Å²) >= 11 is 0. The molecule has 0 heterocycles. The summed E-state index contributed by atoms with van der Waals surface area (Å²) in [6.45, 7) is 0. The third-order valence-electron chi connectivity index (χ3n) is 1.93. The molecule has 2 aromatic rings. The molecule has 0 aliphatic rings. The van der Waals surface area contributed by atoms with E-state index in [0.717, 1.165) is 0 Å². The Kier molecular flexibility index (Phi) is 5.72. The van der Waals surface area contributed by atoms with E-state index in [1.807, 2.05) is 0 Å². The van der Waals surface area contributed by atoms with Crippen LogP contribution in [0, 0.1) is 0 Å². The molecule has 0 saturated heterocycles. The zero-order valence-corrected chi connectivity index (χ0v) is 14.5. The molecule has 1 N–H and O–H groups in total. The quantitative estimate of drug-likeness (QED) is 0.663. The number of phosphoric acid groups is 1. The summed E-state index contributed by atoms with van der Waals surface area (Å²) in [5, 5.41) is 0. The van der Waals surface area contributed by atoms with Gasteiger partial charge in [-0.2, -0.15) is 0 Å². The first-order chi connectivity index (χ1) is 8.16. The number of hydrogen-bond donors (Lipinski definition) is 1. The van der Waals surface area contributed by atoms with Gasteiger partial charge in [-0.3, -0.25) is 4.89 Å². The van der Waals surface area contributed by atoms with Gasteiger partial charge in [0.25, 0.3) is 0 Å². The van der Waals surface area contributed by atoms with Gasteiger partial charge in [-0.1, -0.05) is 36.4 Å². The van der Waals surface area contributed by atoms with Gasteiger partial charge in [0.15, 0.2) is 0 Å². The molecule has 0 aliphatic heterocycles. The summed E-state index contributed by atoms with van der Waals surface area (Å²) in [5.41, 5.74) is 0. The fraction of sp³-hybridized carbons (Fsp3) is 0. The second-order valence-electron chi connectivity index (χ2n) is 3.28. The van der Waals surface area contributed by atoms with E-state index in [0.29, 0.717) is 0 Å². The number of rotatable bonds is 4. The van der Waals surface area contributed by atoms with E-state index in [-0.39, 0.29) is 35.4 Å². The number of hydrogen-bond acceptors (Lipinski definition) is 3. The van der Waals surface area contributed by atoms with Gasteiger partial charge in [0, 0.05) is 0 Å². The van der Waals surface area contributed by atoms with Crippen molar-refractivity contribution in [1.82, 2.24) is 0 Å². The first kappa shape index (κ1) is 15.1. The van der Waals surface area contributed by atoms with Crippen LogP contribution in [-0.2, 0) is 4.57 Å². The van der Waals surface area contributed by atoms with Crippen molar-refractivity contribution < 1.29 is 18.5 Å². The van der Waals surface area contributed by atoms with Gasteiger partial charge in [0.1, 0.15) is 11.5 Å². The zero-order chi connectivity index (χ0) is 12.1. The van der Waals surface area contributed by atoms with Crippen molar-refractivity contribution in [2.24, 2.45) is 0 Å². The van der Waals surface area contributed by atoms with Gasteiger partial charge < -0.3 is 9.05 Å². The van der Waals surface area contributed by atoms with E-state index in [1.54, 1.807) is 60.7 Å². The van der Waals surface area contributed by atoms with Crippen LogP contribution in [0.1, 0.15) is 0 Å². The summed E-state index contributed by atoms with van der Waals surface area (Å²) < 4.78 is 21.5. The third kappa shape index (κ3) is 4.72. The van der Waals surface area contributed by atoms with E-state index in [9.17, 15) is 9.46 Å². The normalized spacial score (nSPS) is 10.3. The van der Waals surface area contributed by atoms with Crippen LogP contribution in [0.2, 0.25) is 0 Å². The zero-order valence-electron chi connectivity index (χ0n) is 9.60. The van der Waals surface area contributed by atoms with Gasteiger partial charge >= 0.3 is 31.7 Å². The molecule has 0 aromatic heterocycles. The van der Waals surface area contributed by atoms with E-state index >= 15 is 0 Å². The fourth-order valence-electron chi connectivity index (χ4n) is 1.25. The molecule has 0 aliphatic carbocycles. The standard InChI is InChI=1S/C12H11O4P.Sn.2H/c13-17(14,15-11-7-3-1-4-8-11)16-12-9-5-2-6-10-12;;;/h1-10H,(H,13,14);;;. The molecule has 0 spiro atoms. The number of benzene rings is 2. The molecule has 0 unspecified atom stereocenters. The molecule has 18 heavy (non-hydrogen) atoms. The first-order valence-electron chi connectivity index (χ1n) is 4.98. The Labute approximate surface area is 122 Å². The van der Waals surface area contributed by atoms with Crippen molar-refractivity contribution in [1.29, 1.82) is 0 Å². The number of para-hydroxylation sites is 2. The first-order valence-corrected chi connectivity index (χ1v) is 6.47. The summed E-state index contributed by atoms with van der Waals surface area (Å²) in [7, 11) is -4.14. The molecule has 2 rings (SSSR count). The average molecular weight is 371 g/mol.